The van der Waals surface area contributed by atoms with Crippen molar-refractivity contribution < 1.29 is 18.0 Å². The zero-order valence-corrected chi connectivity index (χ0v) is 26.5. The molecule has 2 atom stereocenters. The SMILES string of the molecule is CC(C)CNS(=O)(=O)c1cc2c(c3cnc(C4CC4)cc13)[C@H](NC(=O)c1cccnc1)C[C@H]2NC(=O)/C=C/c1ccccc1Cl. The molecule has 0 spiro atoms. The summed E-state index contributed by atoms with van der Waals surface area (Å²) in [6.07, 6.45) is 10.2. The van der Waals surface area contributed by atoms with E-state index in [-0.39, 0.29) is 29.2 Å². The zero-order chi connectivity index (χ0) is 31.7. The number of amides is 2. The highest BCUT2D eigenvalue weighted by molar-refractivity contribution is 7.89. The van der Waals surface area contributed by atoms with E-state index in [1.54, 1.807) is 48.8 Å². The first-order valence-electron chi connectivity index (χ1n) is 15.0. The minimum atomic E-state index is -3.93. The summed E-state index contributed by atoms with van der Waals surface area (Å²) >= 11 is 6.26. The quantitative estimate of drug-likeness (QED) is 0.186. The molecule has 2 heterocycles. The summed E-state index contributed by atoms with van der Waals surface area (Å²) in [7, 11) is -3.93. The van der Waals surface area contributed by atoms with Crippen molar-refractivity contribution in [2.45, 2.75) is 56.0 Å². The fourth-order valence-corrected chi connectivity index (χ4v) is 7.33. The Kier molecular flexibility index (Phi) is 8.72. The van der Waals surface area contributed by atoms with Gasteiger partial charge in [0.1, 0.15) is 0 Å². The summed E-state index contributed by atoms with van der Waals surface area (Å²) in [5.74, 6) is -0.293. The van der Waals surface area contributed by atoms with E-state index in [1.165, 1.54) is 12.3 Å². The predicted octanol–water partition coefficient (Wildman–Crippen LogP) is 5.84. The van der Waals surface area contributed by atoms with Crippen LogP contribution in [-0.4, -0.2) is 36.7 Å². The fraction of sp³-hybridized carbons (Fsp3) is 0.294. The van der Waals surface area contributed by atoms with Gasteiger partial charge in [0, 0.05) is 58.6 Å². The van der Waals surface area contributed by atoms with Crippen LogP contribution in [0.1, 0.15) is 83.9 Å². The number of pyridine rings is 2. The van der Waals surface area contributed by atoms with Crippen molar-refractivity contribution in [1.82, 2.24) is 25.3 Å². The van der Waals surface area contributed by atoms with Gasteiger partial charge in [-0.2, -0.15) is 0 Å². The third kappa shape index (κ3) is 6.78. The number of carbonyl (C=O) groups is 2. The molecule has 2 aromatic heterocycles. The Hall–Kier alpha value is -4.12. The second-order valence-electron chi connectivity index (χ2n) is 12.0. The van der Waals surface area contributed by atoms with Gasteiger partial charge in [0.15, 0.2) is 0 Å². The van der Waals surface area contributed by atoms with Crippen molar-refractivity contribution >= 4 is 50.3 Å². The largest absolute Gasteiger partial charge is 0.346 e. The minimum absolute atomic E-state index is 0.105. The van der Waals surface area contributed by atoms with Crippen molar-refractivity contribution in [2.24, 2.45) is 5.92 Å². The van der Waals surface area contributed by atoms with Crippen LogP contribution in [0.5, 0.6) is 0 Å². The number of rotatable bonds is 10. The lowest BCUT2D eigenvalue weighted by Gasteiger charge is -2.19. The van der Waals surface area contributed by atoms with E-state index in [2.05, 4.69) is 20.3 Å². The summed E-state index contributed by atoms with van der Waals surface area (Å²) < 4.78 is 30.3. The van der Waals surface area contributed by atoms with Crippen molar-refractivity contribution in [3.8, 4) is 0 Å². The maximum absolute atomic E-state index is 13.8. The Morgan fingerprint density at radius 2 is 1.82 bits per heavy atom. The van der Waals surface area contributed by atoms with Gasteiger partial charge in [0.2, 0.25) is 15.9 Å². The number of hydrogen-bond acceptors (Lipinski definition) is 6. The molecular weight excluding hydrogens is 610 g/mol. The Morgan fingerprint density at radius 1 is 1.02 bits per heavy atom. The van der Waals surface area contributed by atoms with Gasteiger partial charge in [0.25, 0.3) is 5.91 Å². The summed E-state index contributed by atoms with van der Waals surface area (Å²) in [6, 6.07) is 12.9. The Balaban J connectivity index is 1.44. The second-order valence-corrected chi connectivity index (χ2v) is 14.1. The lowest BCUT2D eigenvalue weighted by molar-refractivity contribution is -0.117. The number of nitrogens with one attached hydrogen (secondary N) is 3. The normalized spacial score (nSPS) is 18.0. The molecule has 0 saturated heterocycles. The molecule has 0 bridgehead atoms. The average molecular weight is 644 g/mol. The van der Waals surface area contributed by atoms with Crippen LogP contribution in [0.15, 0.2) is 78.1 Å². The molecule has 0 unspecified atom stereocenters. The van der Waals surface area contributed by atoms with E-state index in [0.29, 0.717) is 44.8 Å². The van der Waals surface area contributed by atoms with E-state index < -0.39 is 22.1 Å². The van der Waals surface area contributed by atoms with Gasteiger partial charge in [0.05, 0.1) is 22.5 Å². The lowest BCUT2D eigenvalue weighted by atomic mass is 9.98. The van der Waals surface area contributed by atoms with Crippen LogP contribution in [0.2, 0.25) is 5.02 Å². The molecule has 45 heavy (non-hydrogen) atoms. The monoisotopic (exact) mass is 643 g/mol. The Bertz CT molecular complexity index is 1910. The van der Waals surface area contributed by atoms with Crippen molar-refractivity contribution in [3.05, 3.63) is 106 Å². The smallest absolute Gasteiger partial charge is 0.253 e. The molecule has 11 heteroatoms. The molecule has 2 aliphatic carbocycles. The topological polar surface area (TPSA) is 130 Å². The van der Waals surface area contributed by atoms with Gasteiger partial charge in [-0.15, -0.1) is 0 Å². The lowest BCUT2D eigenvalue weighted by Crippen LogP contribution is -2.29. The number of halogens is 1. The molecule has 232 valence electrons. The average Bonchev–Trinajstić information content (AvgIpc) is 3.83. The minimum Gasteiger partial charge on any atom is -0.346 e. The molecule has 9 nitrogen and oxygen atoms in total. The first-order chi connectivity index (χ1) is 21.6. The van der Waals surface area contributed by atoms with Crippen molar-refractivity contribution in [2.75, 3.05) is 6.54 Å². The molecule has 2 aromatic carbocycles. The maximum Gasteiger partial charge on any atom is 0.253 e. The summed E-state index contributed by atoms with van der Waals surface area (Å²) in [6.45, 7) is 4.16. The molecule has 2 amide bonds. The van der Waals surface area contributed by atoms with E-state index in [1.807, 2.05) is 32.0 Å². The zero-order valence-electron chi connectivity index (χ0n) is 25.0. The first-order valence-corrected chi connectivity index (χ1v) is 16.9. The number of sulfonamides is 1. The van der Waals surface area contributed by atoms with E-state index in [4.69, 9.17) is 16.6 Å². The van der Waals surface area contributed by atoms with Gasteiger partial charge in [-0.1, -0.05) is 43.6 Å². The second kappa shape index (κ2) is 12.7. The van der Waals surface area contributed by atoms with Crippen LogP contribution >= 0.6 is 11.6 Å². The number of hydrogen-bond donors (Lipinski definition) is 3. The Labute approximate surface area is 267 Å². The van der Waals surface area contributed by atoms with Crippen LogP contribution in [0.3, 0.4) is 0 Å². The van der Waals surface area contributed by atoms with Crippen LogP contribution in [-0.2, 0) is 14.8 Å². The third-order valence-electron chi connectivity index (χ3n) is 8.11. The summed E-state index contributed by atoms with van der Waals surface area (Å²) in [5.41, 5.74) is 3.29. The van der Waals surface area contributed by atoms with E-state index in [0.717, 1.165) is 24.1 Å². The Morgan fingerprint density at radius 3 is 2.53 bits per heavy atom. The van der Waals surface area contributed by atoms with Crippen LogP contribution in [0, 0.1) is 5.92 Å². The van der Waals surface area contributed by atoms with Crippen LogP contribution < -0.4 is 15.4 Å². The highest BCUT2D eigenvalue weighted by Gasteiger charge is 2.37. The third-order valence-corrected chi connectivity index (χ3v) is 9.91. The number of aromatic nitrogens is 2. The molecule has 4 aromatic rings. The van der Waals surface area contributed by atoms with E-state index in [9.17, 15) is 18.0 Å². The van der Waals surface area contributed by atoms with Crippen molar-refractivity contribution in [3.63, 3.8) is 0 Å². The standard InChI is InChI=1S/C34H34ClN5O4S/c1-20(2)17-38-45(43,44)31-15-25-29(39-32(41)12-11-21-6-3-4-8-27(21)35)16-30(40-34(42)23-7-5-13-36-18-23)33(25)26-19-37-28(14-24(26)31)22-9-10-22/h3-8,11-15,18-20,22,29-30,38H,9-10,16-17H2,1-2H3,(H,39,41)(H,40,42)/b12-11+/t29-,30-/m1/s1. The molecule has 3 N–H and O–H groups in total. The molecule has 1 fully saturated rings. The number of benzene rings is 2. The number of carbonyl (C=O) groups excluding carboxylic acids is 2. The molecule has 2 aliphatic rings. The predicted molar refractivity (Wildman–Crippen MR) is 174 cm³/mol. The molecular formula is C34H34ClN5O4S. The maximum atomic E-state index is 13.8. The molecule has 1 saturated carbocycles. The van der Waals surface area contributed by atoms with Crippen LogP contribution in [0.4, 0.5) is 0 Å². The van der Waals surface area contributed by atoms with Gasteiger partial charge < -0.3 is 10.6 Å². The first kappa shape index (κ1) is 30.9. The molecule has 0 radical (unpaired) electrons. The number of nitrogens with zero attached hydrogens (tertiary/aromatic N) is 2. The van der Waals surface area contributed by atoms with Gasteiger partial charge in [-0.3, -0.25) is 19.6 Å². The van der Waals surface area contributed by atoms with Crippen molar-refractivity contribution in [1.29, 1.82) is 0 Å². The molecule has 6 rings (SSSR count). The van der Waals surface area contributed by atoms with Gasteiger partial charge in [-0.25, -0.2) is 13.1 Å². The van der Waals surface area contributed by atoms with Crippen LogP contribution in [0.25, 0.3) is 16.8 Å². The summed E-state index contributed by atoms with van der Waals surface area (Å²) in [5, 5.41) is 7.82. The highest BCUT2D eigenvalue weighted by atomic mass is 35.5. The summed E-state index contributed by atoms with van der Waals surface area (Å²) in [4.78, 5) is 35.4. The van der Waals surface area contributed by atoms with E-state index >= 15 is 0 Å². The van der Waals surface area contributed by atoms with Gasteiger partial charge >= 0.3 is 0 Å². The van der Waals surface area contributed by atoms with Gasteiger partial charge in [-0.05, 0) is 78.3 Å². The highest BCUT2D eigenvalue weighted by Crippen LogP contribution is 2.47. The fourth-order valence-electron chi connectivity index (χ4n) is 5.68. The number of fused-ring (bicyclic) bond motifs is 3. The molecule has 0 aliphatic heterocycles.